The summed E-state index contributed by atoms with van der Waals surface area (Å²) in [5.41, 5.74) is 1.06. The molecule has 6 nitrogen and oxygen atoms in total. The molecule has 2 aromatic carbocycles. The molecule has 0 aliphatic rings. The maximum atomic E-state index is 12.2. The molecule has 3 rings (SSSR count). The number of carbonyl (C=O) groups excluding carboxylic acids is 1. The molecule has 0 saturated heterocycles. The molecule has 3 aromatic rings. The zero-order valence-electron chi connectivity index (χ0n) is 12.8. The number of rotatable bonds is 5. The third-order valence-corrected chi connectivity index (χ3v) is 3.51. The van der Waals surface area contributed by atoms with Crippen LogP contribution in [0.5, 0.6) is 5.75 Å². The Hall–Kier alpha value is -2.86. The average molecular weight is 344 g/mol. The van der Waals surface area contributed by atoms with Crippen molar-refractivity contribution in [1.29, 1.82) is 0 Å². The number of nitrogens with one attached hydrogen (secondary N) is 1. The molecule has 1 amide bonds. The van der Waals surface area contributed by atoms with Crippen LogP contribution in [0.25, 0.3) is 11.5 Å². The van der Waals surface area contributed by atoms with Gasteiger partial charge in [-0.3, -0.25) is 10.1 Å². The Bertz CT molecular complexity index is 846. The summed E-state index contributed by atoms with van der Waals surface area (Å²) in [6, 6.07) is 13.9. The number of ether oxygens (including phenoxy) is 1. The van der Waals surface area contributed by atoms with Crippen LogP contribution in [-0.4, -0.2) is 22.7 Å². The Morgan fingerprint density at radius 2 is 1.92 bits per heavy atom. The van der Waals surface area contributed by atoms with Gasteiger partial charge in [-0.25, -0.2) is 0 Å². The van der Waals surface area contributed by atoms with E-state index in [9.17, 15) is 4.79 Å². The van der Waals surface area contributed by atoms with Crippen LogP contribution in [-0.2, 0) is 0 Å². The number of carbonyl (C=O) groups is 1. The smallest absolute Gasteiger partial charge is 0.322 e. The molecule has 24 heavy (non-hydrogen) atoms. The molecule has 7 heteroatoms. The molecule has 1 heterocycles. The van der Waals surface area contributed by atoms with Gasteiger partial charge in [-0.1, -0.05) is 28.8 Å². The summed E-state index contributed by atoms with van der Waals surface area (Å²) in [6.07, 6.45) is 0. The van der Waals surface area contributed by atoms with Gasteiger partial charge in [0.2, 0.25) is 5.89 Å². The van der Waals surface area contributed by atoms with Crippen molar-refractivity contribution in [2.24, 2.45) is 0 Å². The van der Waals surface area contributed by atoms with E-state index >= 15 is 0 Å². The van der Waals surface area contributed by atoms with E-state index in [0.717, 1.165) is 11.3 Å². The second-order valence-electron chi connectivity index (χ2n) is 4.80. The zero-order chi connectivity index (χ0) is 16.9. The summed E-state index contributed by atoms with van der Waals surface area (Å²) in [5.74, 6) is 0.642. The summed E-state index contributed by atoms with van der Waals surface area (Å²) < 4.78 is 10.8. The van der Waals surface area contributed by atoms with Crippen molar-refractivity contribution in [3.63, 3.8) is 0 Å². The van der Waals surface area contributed by atoms with Crippen molar-refractivity contribution in [2.75, 3.05) is 11.9 Å². The molecule has 1 aromatic heterocycles. The van der Waals surface area contributed by atoms with Crippen molar-refractivity contribution in [1.82, 2.24) is 10.2 Å². The maximum Gasteiger partial charge on any atom is 0.322 e. The highest BCUT2D eigenvalue weighted by atomic mass is 35.5. The van der Waals surface area contributed by atoms with Crippen LogP contribution in [0.2, 0.25) is 5.02 Å². The normalized spacial score (nSPS) is 10.4. The molecule has 0 fully saturated rings. The van der Waals surface area contributed by atoms with Crippen molar-refractivity contribution in [2.45, 2.75) is 6.92 Å². The SMILES string of the molecule is CCOc1ccc(-c2nnc(NC(=O)c3ccccc3Cl)o2)cc1. The van der Waals surface area contributed by atoms with Gasteiger partial charge in [-0.15, -0.1) is 5.10 Å². The first kappa shape index (κ1) is 16.0. The number of aromatic nitrogens is 2. The standard InChI is InChI=1S/C17H14ClN3O3/c1-2-23-12-9-7-11(8-10-12)16-20-21-17(24-16)19-15(22)13-5-3-4-6-14(13)18/h3-10H,2H2,1H3,(H,19,21,22). The van der Waals surface area contributed by atoms with E-state index in [-0.39, 0.29) is 6.01 Å². The van der Waals surface area contributed by atoms with Gasteiger partial charge in [0.15, 0.2) is 0 Å². The van der Waals surface area contributed by atoms with E-state index in [1.165, 1.54) is 0 Å². The summed E-state index contributed by atoms with van der Waals surface area (Å²) >= 11 is 5.99. The molecule has 0 unspecified atom stereocenters. The molecule has 0 atom stereocenters. The lowest BCUT2D eigenvalue weighted by Gasteiger charge is -2.03. The predicted octanol–water partition coefficient (Wildman–Crippen LogP) is 4.04. The third-order valence-electron chi connectivity index (χ3n) is 3.18. The molecule has 1 N–H and O–H groups in total. The van der Waals surface area contributed by atoms with E-state index in [0.29, 0.717) is 23.1 Å². The van der Waals surface area contributed by atoms with Crippen molar-refractivity contribution < 1.29 is 13.9 Å². The molecule has 122 valence electrons. The highest BCUT2D eigenvalue weighted by Crippen LogP contribution is 2.23. The van der Waals surface area contributed by atoms with Gasteiger partial charge in [0.05, 0.1) is 17.2 Å². The van der Waals surface area contributed by atoms with Crippen LogP contribution in [0.3, 0.4) is 0 Å². The average Bonchev–Trinajstić information content (AvgIpc) is 3.04. The van der Waals surface area contributed by atoms with Crippen molar-refractivity contribution in [3.8, 4) is 17.2 Å². The number of amides is 1. The third kappa shape index (κ3) is 3.55. The summed E-state index contributed by atoms with van der Waals surface area (Å²) in [5, 5.41) is 10.6. The van der Waals surface area contributed by atoms with Crippen molar-refractivity contribution >= 4 is 23.5 Å². The quantitative estimate of drug-likeness (QED) is 0.756. The van der Waals surface area contributed by atoms with Gasteiger partial charge < -0.3 is 9.15 Å². The first-order valence-electron chi connectivity index (χ1n) is 7.30. The predicted molar refractivity (Wildman–Crippen MR) is 90.3 cm³/mol. The van der Waals surface area contributed by atoms with E-state index in [1.54, 1.807) is 36.4 Å². The zero-order valence-corrected chi connectivity index (χ0v) is 13.6. The lowest BCUT2D eigenvalue weighted by Crippen LogP contribution is -2.12. The second kappa shape index (κ2) is 7.14. The summed E-state index contributed by atoms with van der Waals surface area (Å²) in [7, 11) is 0. The monoisotopic (exact) mass is 343 g/mol. The number of hydrogen-bond donors (Lipinski definition) is 1. The fourth-order valence-corrected chi connectivity index (χ4v) is 2.28. The molecule has 0 radical (unpaired) electrons. The second-order valence-corrected chi connectivity index (χ2v) is 5.21. The fourth-order valence-electron chi connectivity index (χ4n) is 2.06. The lowest BCUT2D eigenvalue weighted by molar-refractivity contribution is 0.102. The molecule has 0 aliphatic carbocycles. The van der Waals surface area contributed by atoms with Crippen LogP contribution in [0.15, 0.2) is 52.9 Å². The van der Waals surface area contributed by atoms with Gasteiger partial charge in [0.25, 0.3) is 5.91 Å². The van der Waals surface area contributed by atoms with Crippen LogP contribution < -0.4 is 10.1 Å². The minimum atomic E-state index is -0.414. The van der Waals surface area contributed by atoms with E-state index in [1.807, 2.05) is 19.1 Å². The Morgan fingerprint density at radius 3 is 2.62 bits per heavy atom. The van der Waals surface area contributed by atoms with Gasteiger partial charge in [-0.2, -0.15) is 0 Å². The van der Waals surface area contributed by atoms with Crippen LogP contribution >= 0.6 is 11.6 Å². The van der Waals surface area contributed by atoms with Gasteiger partial charge in [-0.05, 0) is 43.3 Å². The van der Waals surface area contributed by atoms with Gasteiger partial charge in [0.1, 0.15) is 5.75 Å². The summed E-state index contributed by atoms with van der Waals surface area (Å²) in [4.78, 5) is 12.2. The topological polar surface area (TPSA) is 77.3 Å². The van der Waals surface area contributed by atoms with Crippen molar-refractivity contribution in [3.05, 3.63) is 59.1 Å². The maximum absolute atomic E-state index is 12.2. The molecular weight excluding hydrogens is 330 g/mol. The number of nitrogens with zero attached hydrogens (tertiary/aromatic N) is 2. The number of anilines is 1. The van der Waals surface area contributed by atoms with Crippen LogP contribution in [0, 0.1) is 0 Å². The number of halogens is 1. The largest absolute Gasteiger partial charge is 0.494 e. The van der Waals surface area contributed by atoms with Gasteiger partial charge >= 0.3 is 6.01 Å². The minimum absolute atomic E-state index is 0.00352. The Balaban J connectivity index is 1.73. The molecule has 0 saturated carbocycles. The number of benzene rings is 2. The van der Waals surface area contributed by atoms with Crippen LogP contribution in [0.4, 0.5) is 6.01 Å². The first-order chi connectivity index (χ1) is 11.7. The lowest BCUT2D eigenvalue weighted by atomic mass is 10.2. The first-order valence-corrected chi connectivity index (χ1v) is 7.68. The molecule has 0 bridgehead atoms. The molecule has 0 spiro atoms. The van der Waals surface area contributed by atoms with E-state index in [4.69, 9.17) is 20.8 Å². The van der Waals surface area contributed by atoms with E-state index < -0.39 is 5.91 Å². The Morgan fingerprint density at radius 1 is 1.17 bits per heavy atom. The summed E-state index contributed by atoms with van der Waals surface area (Å²) in [6.45, 7) is 2.51. The highest BCUT2D eigenvalue weighted by Gasteiger charge is 2.14. The minimum Gasteiger partial charge on any atom is -0.494 e. The fraction of sp³-hybridized carbons (Fsp3) is 0.118. The van der Waals surface area contributed by atoms with Crippen LogP contribution in [0.1, 0.15) is 17.3 Å². The Kier molecular flexibility index (Phi) is 4.77. The van der Waals surface area contributed by atoms with Gasteiger partial charge in [0, 0.05) is 5.56 Å². The Labute approximate surface area is 143 Å². The molecule has 0 aliphatic heterocycles. The van der Waals surface area contributed by atoms with E-state index in [2.05, 4.69) is 15.5 Å². The number of hydrogen-bond acceptors (Lipinski definition) is 5. The highest BCUT2D eigenvalue weighted by molar-refractivity contribution is 6.34. The molecular formula is C17H14ClN3O3.